The molecule has 0 aliphatic heterocycles. The molecule has 102 valence electrons. The Hall–Kier alpha value is -1.27. The van der Waals surface area contributed by atoms with Crippen molar-refractivity contribution in [1.82, 2.24) is 10.1 Å². The van der Waals surface area contributed by atoms with Gasteiger partial charge in [-0.25, -0.2) is 4.39 Å². The predicted octanol–water partition coefficient (Wildman–Crippen LogP) is 3.68. The van der Waals surface area contributed by atoms with Gasteiger partial charge in [0.1, 0.15) is 5.82 Å². The second-order valence-corrected chi connectivity index (χ2v) is 6.37. The third-order valence-electron chi connectivity index (χ3n) is 2.76. The van der Waals surface area contributed by atoms with E-state index in [9.17, 15) is 4.39 Å². The van der Waals surface area contributed by atoms with E-state index in [0.717, 1.165) is 0 Å². The van der Waals surface area contributed by atoms with Crippen LogP contribution in [0.5, 0.6) is 0 Å². The number of halogens is 2. The predicted molar refractivity (Wildman–Crippen MR) is 73.8 cm³/mol. The van der Waals surface area contributed by atoms with Gasteiger partial charge in [0.05, 0.1) is 6.04 Å². The van der Waals surface area contributed by atoms with Crippen molar-refractivity contribution in [1.29, 1.82) is 0 Å². The number of nitrogens with zero attached hydrogens (tertiary/aromatic N) is 2. The summed E-state index contributed by atoms with van der Waals surface area (Å²) < 4.78 is 19.1. The second kappa shape index (κ2) is 5.02. The zero-order valence-corrected chi connectivity index (χ0v) is 12.5. The first-order valence-electron chi connectivity index (χ1n) is 5.83. The Kier molecular flexibility index (Phi) is 3.73. The summed E-state index contributed by atoms with van der Waals surface area (Å²) in [5.74, 6) is 0.314. The van der Waals surface area contributed by atoms with Gasteiger partial charge in [-0.1, -0.05) is 41.9 Å². The molecule has 4 nitrogen and oxygen atoms in total. The Morgan fingerprint density at radius 1 is 1.32 bits per heavy atom. The summed E-state index contributed by atoms with van der Waals surface area (Å²) in [5.41, 5.74) is 6.40. The molecular formula is C13H15BrFN3O. The Balaban J connectivity index is 2.36. The number of nitrogens with two attached hydrogens (primary N) is 1. The zero-order chi connectivity index (χ0) is 14.2. The summed E-state index contributed by atoms with van der Waals surface area (Å²) in [6.45, 7) is 5.96. The molecule has 0 spiro atoms. The van der Waals surface area contributed by atoms with E-state index < -0.39 is 0 Å². The molecule has 1 atom stereocenters. The summed E-state index contributed by atoms with van der Waals surface area (Å²) in [5, 5.41) is 3.85. The lowest BCUT2D eigenvalue weighted by molar-refractivity contribution is 0.253. The first-order chi connectivity index (χ1) is 8.77. The average Bonchev–Trinajstić information content (AvgIpc) is 2.74. The number of benzene rings is 1. The van der Waals surface area contributed by atoms with Gasteiger partial charge in [-0.05, 0) is 23.6 Å². The average molecular weight is 328 g/mol. The number of rotatable bonds is 2. The lowest BCUT2D eigenvalue weighted by atomic mass is 9.87. The Morgan fingerprint density at radius 3 is 2.58 bits per heavy atom. The highest BCUT2D eigenvalue weighted by molar-refractivity contribution is 9.10. The normalized spacial score (nSPS) is 13.6. The molecule has 1 aromatic heterocycles. The second-order valence-electron chi connectivity index (χ2n) is 5.46. The van der Waals surface area contributed by atoms with E-state index in [1.807, 2.05) is 20.8 Å². The highest BCUT2D eigenvalue weighted by Gasteiger charge is 2.27. The fourth-order valence-electron chi connectivity index (χ4n) is 1.53. The zero-order valence-electron chi connectivity index (χ0n) is 10.9. The van der Waals surface area contributed by atoms with Gasteiger partial charge in [0.25, 0.3) is 0 Å². The molecule has 0 saturated heterocycles. The maximum atomic E-state index is 13.3. The van der Waals surface area contributed by atoms with Crippen molar-refractivity contribution in [2.45, 2.75) is 26.8 Å². The van der Waals surface area contributed by atoms with Crippen LogP contribution in [0.25, 0.3) is 11.4 Å². The first kappa shape index (κ1) is 14.1. The van der Waals surface area contributed by atoms with Gasteiger partial charge in [-0.3, -0.25) is 0 Å². The third-order valence-corrected chi connectivity index (χ3v) is 3.22. The molecule has 0 bridgehead atoms. The van der Waals surface area contributed by atoms with E-state index in [1.54, 1.807) is 6.07 Å². The van der Waals surface area contributed by atoms with Crippen molar-refractivity contribution in [2.24, 2.45) is 11.1 Å². The van der Waals surface area contributed by atoms with E-state index in [4.69, 9.17) is 10.3 Å². The monoisotopic (exact) mass is 327 g/mol. The Morgan fingerprint density at radius 2 is 2.00 bits per heavy atom. The largest absolute Gasteiger partial charge is 0.337 e. The Bertz CT molecular complexity index is 572. The maximum Gasteiger partial charge on any atom is 0.244 e. The minimum atomic E-state index is -0.370. The van der Waals surface area contributed by atoms with Crippen LogP contribution in [0.2, 0.25) is 0 Å². The molecule has 0 aliphatic carbocycles. The molecule has 1 heterocycles. The molecule has 0 saturated carbocycles. The molecule has 0 radical (unpaired) electrons. The van der Waals surface area contributed by atoms with Crippen molar-refractivity contribution in [3.05, 3.63) is 34.4 Å². The van der Waals surface area contributed by atoms with E-state index in [0.29, 0.717) is 21.8 Å². The molecule has 2 rings (SSSR count). The summed E-state index contributed by atoms with van der Waals surface area (Å²) in [6, 6.07) is 4.07. The fourth-order valence-corrected chi connectivity index (χ4v) is 2.00. The van der Waals surface area contributed by atoms with Crippen molar-refractivity contribution >= 4 is 15.9 Å². The quantitative estimate of drug-likeness (QED) is 0.913. The van der Waals surface area contributed by atoms with Gasteiger partial charge in [0.2, 0.25) is 11.7 Å². The van der Waals surface area contributed by atoms with Gasteiger partial charge in [0, 0.05) is 10.0 Å². The van der Waals surface area contributed by atoms with Crippen LogP contribution in [0, 0.1) is 11.2 Å². The van der Waals surface area contributed by atoms with Crippen LogP contribution < -0.4 is 5.73 Å². The molecule has 0 unspecified atom stereocenters. The molecule has 2 aromatic rings. The van der Waals surface area contributed by atoms with Crippen LogP contribution in [-0.4, -0.2) is 10.1 Å². The topological polar surface area (TPSA) is 64.9 Å². The van der Waals surface area contributed by atoms with E-state index >= 15 is 0 Å². The molecular weight excluding hydrogens is 313 g/mol. The highest BCUT2D eigenvalue weighted by atomic mass is 79.9. The lowest BCUT2D eigenvalue weighted by Crippen LogP contribution is -2.26. The molecule has 6 heteroatoms. The van der Waals surface area contributed by atoms with Gasteiger partial charge in [-0.15, -0.1) is 0 Å². The van der Waals surface area contributed by atoms with Crippen LogP contribution in [0.15, 0.2) is 27.2 Å². The van der Waals surface area contributed by atoms with Crippen LogP contribution in [0.4, 0.5) is 4.39 Å². The number of hydrogen-bond donors (Lipinski definition) is 1. The van der Waals surface area contributed by atoms with Crippen LogP contribution in [0.1, 0.15) is 32.7 Å². The van der Waals surface area contributed by atoms with E-state index in [-0.39, 0.29) is 17.3 Å². The summed E-state index contributed by atoms with van der Waals surface area (Å²) in [7, 11) is 0. The molecule has 2 N–H and O–H groups in total. The third kappa shape index (κ3) is 3.19. The first-order valence-corrected chi connectivity index (χ1v) is 6.62. The van der Waals surface area contributed by atoms with Gasteiger partial charge in [0.15, 0.2) is 0 Å². The summed E-state index contributed by atoms with van der Waals surface area (Å²) in [4.78, 5) is 4.24. The molecule has 0 amide bonds. The van der Waals surface area contributed by atoms with E-state index in [2.05, 4.69) is 26.1 Å². The van der Waals surface area contributed by atoms with Crippen LogP contribution >= 0.6 is 15.9 Å². The van der Waals surface area contributed by atoms with Crippen LogP contribution in [0.3, 0.4) is 0 Å². The number of hydrogen-bond acceptors (Lipinski definition) is 4. The molecule has 19 heavy (non-hydrogen) atoms. The van der Waals surface area contributed by atoms with Crippen molar-refractivity contribution < 1.29 is 8.91 Å². The molecule has 0 aliphatic rings. The Labute approximate surface area is 119 Å². The SMILES string of the molecule is CC(C)(C)[C@@H](N)c1nc(-c2cc(F)cc(Br)c2)no1. The van der Waals surface area contributed by atoms with Crippen molar-refractivity contribution in [2.75, 3.05) is 0 Å². The van der Waals surface area contributed by atoms with Crippen molar-refractivity contribution in [3.63, 3.8) is 0 Å². The van der Waals surface area contributed by atoms with Gasteiger partial charge >= 0.3 is 0 Å². The lowest BCUT2D eigenvalue weighted by Gasteiger charge is -2.23. The van der Waals surface area contributed by atoms with E-state index in [1.165, 1.54) is 12.1 Å². The fraction of sp³-hybridized carbons (Fsp3) is 0.385. The minimum absolute atomic E-state index is 0.188. The van der Waals surface area contributed by atoms with Crippen molar-refractivity contribution in [3.8, 4) is 11.4 Å². The minimum Gasteiger partial charge on any atom is -0.337 e. The highest BCUT2D eigenvalue weighted by Crippen LogP contribution is 2.31. The smallest absolute Gasteiger partial charge is 0.244 e. The van der Waals surface area contributed by atoms with Gasteiger partial charge in [-0.2, -0.15) is 4.98 Å². The standard InChI is InChI=1S/C13H15BrFN3O/c1-13(2,3)10(16)12-17-11(18-19-12)7-4-8(14)6-9(15)5-7/h4-6,10H,16H2,1-3H3/t10-/m0/s1. The van der Waals surface area contributed by atoms with Gasteiger partial charge < -0.3 is 10.3 Å². The number of aromatic nitrogens is 2. The molecule has 0 fully saturated rings. The summed E-state index contributed by atoms with van der Waals surface area (Å²) in [6.07, 6.45) is 0. The summed E-state index contributed by atoms with van der Waals surface area (Å²) >= 11 is 3.23. The van der Waals surface area contributed by atoms with Crippen LogP contribution in [-0.2, 0) is 0 Å². The molecule has 1 aromatic carbocycles. The maximum absolute atomic E-state index is 13.3.